The molecule has 0 spiro atoms. The summed E-state index contributed by atoms with van der Waals surface area (Å²) in [4.78, 5) is 12.6. The molecule has 0 aromatic heterocycles. The highest BCUT2D eigenvalue weighted by Gasteiger charge is 2.10. The van der Waals surface area contributed by atoms with Crippen molar-refractivity contribution in [1.82, 2.24) is 4.90 Å². The first-order chi connectivity index (χ1) is 8.11. The van der Waals surface area contributed by atoms with Crippen molar-refractivity contribution in [3.8, 4) is 0 Å². The first-order valence-corrected chi connectivity index (χ1v) is 6.08. The van der Waals surface area contributed by atoms with Gasteiger partial charge >= 0.3 is 5.97 Å². The van der Waals surface area contributed by atoms with Crippen LogP contribution in [0, 0.1) is 0 Å². The number of aliphatic carboxylic acids is 1. The fourth-order valence-corrected chi connectivity index (χ4v) is 1.82. The molecule has 18 heavy (non-hydrogen) atoms. The van der Waals surface area contributed by atoms with Crippen molar-refractivity contribution in [2.45, 2.75) is 32.2 Å². The van der Waals surface area contributed by atoms with E-state index in [-0.39, 0.29) is 18.8 Å². The standard InChI is InChI=1S/C14H21NO2.ClH/c1-12(13-8-4-3-5-9-13)15(2)11-7-6-10-14(16)17;/h3-5,8-9,12H,6-7,10-11H2,1-2H3,(H,16,17);1H. The summed E-state index contributed by atoms with van der Waals surface area (Å²) >= 11 is 0. The summed E-state index contributed by atoms with van der Waals surface area (Å²) in [6, 6.07) is 10.7. The van der Waals surface area contributed by atoms with Gasteiger partial charge in [0.15, 0.2) is 0 Å². The van der Waals surface area contributed by atoms with Crippen molar-refractivity contribution < 1.29 is 9.90 Å². The zero-order chi connectivity index (χ0) is 12.7. The molecule has 102 valence electrons. The fraction of sp³-hybridized carbons (Fsp3) is 0.500. The van der Waals surface area contributed by atoms with Crippen LogP contribution in [-0.4, -0.2) is 29.6 Å². The van der Waals surface area contributed by atoms with E-state index in [0.717, 1.165) is 19.4 Å². The fourth-order valence-electron chi connectivity index (χ4n) is 1.82. The average molecular weight is 272 g/mol. The summed E-state index contributed by atoms with van der Waals surface area (Å²) in [5.41, 5.74) is 1.30. The Kier molecular flexibility index (Phi) is 8.42. The highest BCUT2D eigenvalue weighted by atomic mass is 35.5. The molecule has 1 unspecified atom stereocenters. The zero-order valence-electron chi connectivity index (χ0n) is 11.0. The van der Waals surface area contributed by atoms with Gasteiger partial charge in [-0.1, -0.05) is 30.3 Å². The third-order valence-corrected chi connectivity index (χ3v) is 3.09. The van der Waals surface area contributed by atoms with Crippen LogP contribution < -0.4 is 0 Å². The van der Waals surface area contributed by atoms with Crippen molar-refractivity contribution in [2.75, 3.05) is 13.6 Å². The summed E-state index contributed by atoms with van der Waals surface area (Å²) in [6.45, 7) is 3.11. The molecule has 0 heterocycles. The van der Waals surface area contributed by atoms with Crippen LogP contribution in [0.25, 0.3) is 0 Å². The van der Waals surface area contributed by atoms with E-state index in [1.54, 1.807) is 0 Å². The van der Waals surface area contributed by atoms with E-state index in [2.05, 4.69) is 31.0 Å². The van der Waals surface area contributed by atoms with Crippen molar-refractivity contribution in [3.63, 3.8) is 0 Å². The largest absolute Gasteiger partial charge is 0.481 e. The van der Waals surface area contributed by atoms with Crippen LogP contribution in [0.5, 0.6) is 0 Å². The highest BCUT2D eigenvalue weighted by Crippen LogP contribution is 2.18. The molecular weight excluding hydrogens is 250 g/mol. The molecule has 1 atom stereocenters. The second kappa shape index (κ2) is 8.95. The number of rotatable bonds is 7. The number of hydrogen-bond donors (Lipinski definition) is 1. The monoisotopic (exact) mass is 271 g/mol. The minimum atomic E-state index is -0.705. The van der Waals surface area contributed by atoms with Crippen LogP contribution in [0.4, 0.5) is 0 Å². The molecule has 1 N–H and O–H groups in total. The Labute approximate surface area is 115 Å². The molecule has 0 aliphatic carbocycles. The Hall–Kier alpha value is -1.06. The summed E-state index contributed by atoms with van der Waals surface area (Å²) in [5.74, 6) is -0.705. The Morgan fingerprint density at radius 2 is 1.89 bits per heavy atom. The summed E-state index contributed by atoms with van der Waals surface area (Å²) in [5, 5.41) is 8.55. The Morgan fingerprint density at radius 3 is 2.44 bits per heavy atom. The quantitative estimate of drug-likeness (QED) is 0.773. The lowest BCUT2D eigenvalue weighted by Gasteiger charge is -2.24. The number of unbranched alkanes of at least 4 members (excludes halogenated alkanes) is 1. The lowest BCUT2D eigenvalue weighted by atomic mass is 10.1. The number of carbonyl (C=O) groups is 1. The number of carboxylic acids is 1. The molecule has 0 aliphatic rings. The summed E-state index contributed by atoms with van der Waals surface area (Å²) in [6.07, 6.45) is 1.95. The number of benzene rings is 1. The van der Waals surface area contributed by atoms with Gasteiger partial charge in [0.2, 0.25) is 0 Å². The van der Waals surface area contributed by atoms with Gasteiger partial charge in [-0.15, -0.1) is 12.4 Å². The van der Waals surface area contributed by atoms with Crippen LogP contribution in [0.1, 0.15) is 37.8 Å². The van der Waals surface area contributed by atoms with Crippen LogP contribution in [0.3, 0.4) is 0 Å². The molecule has 0 aliphatic heterocycles. The minimum Gasteiger partial charge on any atom is -0.481 e. The first-order valence-electron chi connectivity index (χ1n) is 6.08. The third-order valence-electron chi connectivity index (χ3n) is 3.09. The average Bonchev–Trinajstić information content (AvgIpc) is 2.34. The maximum absolute atomic E-state index is 10.4. The third kappa shape index (κ3) is 6.03. The van der Waals surface area contributed by atoms with E-state index in [1.807, 2.05) is 18.2 Å². The Balaban J connectivity index is 0.00000289. The van der Waals surface area contributed by atoms with Crippen molar-refractivity contribution in [3.05, 3.63) is 35.9 Å². The number of halogens is 1. The van der Waals surface area contributed by atoms with Crippen LogP contribution in [0.15, 0.2) is 30.3 Å². The van der Waals surface area contributed by atoms with Gasteiger partial charge in [-0.2, -0.15) is 0 Å². The van der Waals surface area contributed by atoms with Crippen LogP contribution in [0.2, 0.25) is 0 Å². The van der Waals surface area contributed by atoms with Gasteiger partial charge < -0.3 is 5.11 Å². The maximum atomic E-state index is 10.4. The molecule has 0 radical (unpaired) electrons. The molecule has 4 heteroatoms. The lowest BCUT2D eigenvalue weighted by molar-refractivity contribution is -0.137. The van der Waals surface area contributed by atoms with E-state index in [4.69, 9.17) is 5.11 Å². The summed E-state index contributed by atoms with van der Waals surface area (Å²) in [7, 11) is 2.08. The van der Waals surface area contributed by atoms with Crippen molar-refractivity contribution in [1.29, 1.82) is 0 Å². The Morgan fingerprint density at radius 1 is 1.28 bits per heavy atom. The van der Waals surface area contributed by atoms with Gasteiger partial charge in [0, 0.05) is 12.5 Å². The number of carboxylic acid groups (broad SMARTS) is 1. The van der Waals surface area contributed by atoms with Gasteiger partial charge in [-0.25, -0.2) is 0 Å². The predicted octanol–water partition coefficient (Wildman–Crippen LogP) is 3.36. The number of nitrogens with zero attached hydrogens (tertiary/aromatic N) is 1. The normalized spacial score (nSPS) is 11.9. The molecular formula is C14H22ClNO2. The molecule has 0 fully saturated rings. The molecule has 0 saturated heterocycles. The summed E-state index contributed by atoms with van der Waals surface area (Å²) < 4.78 is 0. The molecule has 0 saturated carbocycles. The Bertz CT molecular complexity index is 343. The highest BCUT2D eigenvalue weighted by molar-refractivity contribution is 5.85. The maximum Gasteiger partial charge on any atom is 0.303 e. The molecule has 1 aromatic rings. The van der Waals surface area contributed by atoms with E-state index < -0.39 is 5.97 Å². The predicted molar refractivity (Wildman–Crippen MR) is 76.2 cm³/mol. The first kappa shape index (κ1) is 16.9. The van der Waals surface area contributed by atoms with Gasteiger partial charge in [0.25, 0.3) is 0 Å². The molecule has 3 nitrogen and oxygen atoms in total. The van der Waals surface area contributed by atoms with E-state index in [1.165, 1.54) is 5.56 Å². The molecule has 0 amide bonds. The topological polar surface area (TPSA) is 40.5 Å². The van der Waals surface area contributed by atoms with Crippen molar-refractivity contribution in [2.24, 2.45) is 0 Å². The van der Waals surface area contributed by atoms with Crippen molar-refractivity contribution >= 4 is 18.4 Å². The van der Waals surface area contributed by atoms with Gasteiger partial charge in [-0.05, 0) is 38.9 Å². The smallest absolute Gasteiger partial charge is 0.303 e. The van der Waals surface area contributed by atoms with Gasteiger partial charge in [0.1, 0.15) is 0 Å². The molecule has 1 rings (SSSR count). The van der Waals surface area contributed by atoms with Crippen LogP contribution in [-0.2, 0) is 4.79 Å². The number of hydrogen-bond acceptors (Lipinski definition) is 2. The zero-order valence-corrected chi connectivity index (χ0v) is 11.8. The SMILES string of the molecule is CC(c1ccccc1)N(C)CCCCC(=O)O.Cl. The second-order valence-electron chi connectivity index (χ2n) is 4.42. The van der Waals surface area contributed by atoms with E-state index in [9.17, 15) is 4.79 Å². The molecule has 1 aromatic carbocycles. The van der Waals surface area contributed by atoms with E-state index >= 15 is 0 Å². The van der Waals surface area contributed by atoms with E-state index in [0.29, 0.717) is 6.04 Å². The minimum absolute atomic E-state index is 0. The van der Waals surface area contributed by atoms with Crippen LogP contribution >= 0.6 is 12.4 Å². The lowest BCUT2D eigenvalue weighted by Crippen LogP contribution is -2.23. The van der Waals surface area contributed by atoms with Gasteiger partial charge in [0.05, 0.1) is 0 Å². The van der Waals surface area contributed by atoms with Gasteiger partial charge in [-0.3, -0.25) is 9.69 Å². The second-order valence-corrected chi connectivity index (χ2v) is 4.42. The molecule has 0 bridgehead atoms.